The Hall–Kier alpha value is -1.63. The first kappa shape index (κ1) is 19.1. The van der Waals surface area contributed by atoms with E-state index in [4.69, 9.17) is 11.6 Å². The van der Waals surface area contributed by atoms with Crippen LogP contribution in [0.4, 0.5) is 0 Å². The summed E-state index contributed by atoms with van der Waals surface area (Å²) in [6, 6.07) is 7.49. The third-order valence-corrected chi connectivity index (χ3v) is 5.62. The molecule has 1 heterocycles. The molecule has 7 heteroatoms. The van der Waals surface area contributed by atoms with Gasteiger partial charge in [-0.05, 0) is 37.5 Å². The van der Waals surface area contributed by atoms with Crippen molar-refractivity contribution in [1.29, 1.82) is 0 Å². The number of halogens is 1. The van der Waals surface area contributed by atoms with Gasteiger partial charge < -0.3 is 10.2 Å². The maximum absolute atomic E-state index is 12.9. The minimum Gasteiger partial charge on any atom is -0.350 e. The summed E-state index contributed by atoms with van der Waals surface area (Å²) >= 11 is 5.87. The summed E-state index contributed by atoms with van der Waals surface area (Å²) in [7, 11) is 0. The van der Waals surface area contributed by atoms with Crippen molar-refractivity contribution in [2.24, 2.45) is 5.92 Å². The average molecular weight is 379 g/mol. The third-order valence-electron chi connectivity index (χ3n) is 5.37. The van der Waals surface area contributed by atoms with Crippen molar-refractivity contribution in [3.05, 3.63) is 34.9 Å². The second-order valence-electron chi connectivity index (χ2n) is 7.08. The summed E-state index contributed by atoms with van der Waals surface area (Å²) in [6.45, 7) is 2.93. The minimum atomic E-state index is -0.232. The molecule has 3 atom stereocenters. The standard InChI is InChI=1S/C19H27ClN4O2/c1-2-24(12-17(25)21-11-13-7-9-14(20)10-8-13)19(26)18-15-5-3-4-6-16(15)22-23-18/h7-10,15-16,18,22-23H,2-6,11-12H2,1H3,(H,21,25). The molecule has 1 aromatic rings. The number of fused-ring (bicyclic) bond motifs is 1. The van der Waals surface area contributed by atoms with Gasteiger partial charge in [0.05, 0.1) is 6.54 Å². The quantitative estimate of drug-likeness (QED) is 0.706. The second-order valence-corrected chi connectivity index (χ2v) is 7.51. The van der Waals surface area contributed by atoms with E-state index < -0.39 is 0 Å². The van der Waals surface area contributed by atoms with Crippen LogP contribution in [0, 0.1) is 5.92 Å². The fourth-order valence-corrected chi connectivity index (χ4v) is 3.99. The van der Waals surface area contributed by atoms with Crippen LogP contribution in [0.5, 0.6) is 0 Å². The van der Waals surface area contributed by atoms with E-state index in [0.29, 0.717) is 30.1 Å². The Balaban J connectivity index is 1.52. The molecule has 1 aromatic carbocycles. The van der Waals surface area contributed by atoms with E-state index in [-0.39, 0.29) is 24.4 Å². The zero-order valence-electron chi connectivity index (χ0n) is 15.1. The Bertz CT molecular complexity index is 637. The molecule has 3 rings (SSSR count). The SMILES string of the molecule is CCN(CC(=O)NCc1ccc(Cl)cc1)C(=O)C1NNC2CCCCC21. The minimum absolute atomic E-state index is 0.0102. The number of rotatable bonds is 6. The van der Waals surface area contributed by atoms with Crippen molar-refractivity contribution in [2.45, 2.75) is 51.2 Å². The molecular formula is C19H27ClN4O2. The maximum atomic E-state index is 12.9. The lowest BCUT2D eigenvalue weighted by Crippen LogP contribution is -2.50. The van der Waals surface area contributed by atoms with Crippen LogP contribution >= 0.6 is 11.6 Å². The van der Waals surface area contributed by atoms with Crippen molar-refractivity contribution >= 4 is 23.4 Å². The molecule has 26 heavy (non-hydrogen) atoms. The summed E-state index contributed by atoms with van der Waals surface area (Å²) in [5.74, 6) is 0.180. The number of carbonyl (C=O) groups is 2. The van der Waals surface area contributed by atoms with E-state index in [1.165, 1.54) is 12.8 Å². The van der Waals surface area contributed by atoms with Crippen molar-refractivity contribution in [3.8, 4) is 0 Å². The van der Waals surface area contributed by atoms with Crippen LogP contribution in [-0.4, -0.2) is 41.9 Å². The van der Waals surface area contributed by atoms with E-state index >= 15 is 0 Å². The van der Waals surface area contributed by atoms with Gasteiger partial charge in [-0.25, -0.2) is 5.43 Å². The molecule has 1 aliphatic carbocycles. The number of amides is 2. The van der Waals surface area contributed by atoms with Gasteiger partial charge in [-0.1, -0.05) is 36.6 Å². The summed E-state index contributed by atoms with van der Waals surface area (Å²) in [5, 5.41) is 3.54. The van der Waals surface area contributed by atoms with Crippen LogP contribution in [0.1, 0.15) is 38.2 Å². The molecule has 3 unspecified atom stereocenters. The molecule has 1 saturated heterocycles. The van der Waals surface area contributed by atoms with Gasteiger partial charge in [0.25, 0.3) is 0 Å². The van der Waals surface area contributed by atoms with E-state index in [2.05, 4.69) is 16.2 Å². The number of hydrazine groups is 1. The highest BCUT2D eigenvalue weighted by molar-refractivity contribution is 6.30. The average Bonchev–Trinajstić information content (AvgIpc) is 3.09. The first-order valence-electron chi connectivity index (χ1n) is 9.39. The van der Waals surface area contributed by atoms with E-state index in [0.717, 1.165) is 18.4 Å². The van der Waals surface area contributed by atoms with Crippen LogP contribution in [0.3, 0.4) is 0 Å². The summed E-state index contributed by atoms with van der Waals surface area (Å²) in [6.07, 6.45) is 4.54. The van der Waals surface area contributed by atoms with Gasteiger partial charge in [-0.2, -0.15) is 0 Å². The molecule has 0 aromatic heterocycles. The van der Waals surface area contributed by atoms with Crippen LogP contribution < -0.4 is 16.2 Å². The van der Waals surface area contributed by atoms with Gasteiger partial charge >= 0.3 is 0 Å². The van der Waals surface area contributed by atoms with Crippen molar-refractivity contribution < 1.29 is 9.59 Å². The number of hydrogen-bond acceptors (Lipinski definition) is 4. The van der Waals surface area contributed by atoms with Gasteiger partial charge in [-0.15, -0.1) is 0 Å². The predicted octanol–water partition coefficient (Wildman–Crippen LogP) is 1.84. The number of nitrogens with one attached hydrogen (secondary N) is 3. The van der Waals surface area contributed by atoms with Crippen LogP contribution in [0.25, 0.3) is 0 Å². The van der Waals surface area contributed by atoms with E-state index in [9.17, 15) is 9.59 Å². The largest absolute Gasteiger partial charge is 0.350 e. The van der Waals surface area contributed by atoms with Gasteiger partial charge in [-0.3, -0.25) is 15.0 Å². The highest BCUT2D eigenvalue weighted by Crippen LogP contribution is 2.30. The van der Waals surface area contributed by atoms with Crippen molar-refractivity contribution in [3.63, 3.8) is 0 Å². The molecule has 142 valence electrons. The fraction of sp³-hybridized carbons (Fsp3) is 0.579. The van der Waals surface area contributed by atoms with Crippen LogP contribution in [0.2, 0.25) is 5.02 Å². The number of carbonyl (C=O) groups excluding carboxylic acids is 2. The Morgan fingerprint density at radius 2 is 1.92 bits per heavy atom. The fourth-order valence-electron chi connectivity index (χ4n) is 3.86. The Morgan fingerprint density at radius 1 is 1.19 bits per heavy atom. The molecule has 2 amide bonds. The predicted molar refractivity (Wildman–Crippen MR) is 101 cm³/mol. The number of nitrogens with zero attached hydrogens (tertiary/aromatic N) is 1. The third kappa shape index (κ3) is 4.55. The van der Waals surface area contributed by atoms with Gasteiger partial charge in [0.1, 0.15) is 6.04 Å². The molecule has 1 saturated carbocycles. The van der Waals surface area contributed by atoms with Gasteiger partial charge in [0.15, 0.2) is 0 Å². The molecule has 2 aliphatic rings. The molecular weight excluding hydrogens is 352 g/mol. The number of likely N-dealkylation sites (N-methyl/N-ethyl adjacent to an activating group) is 1. The van der Waals surface area contributed by atoms with Gasteiger partial charge in [0.2, 0.25) is 11.8 Å². The molecule has 3 N–H and O–H groups in total. The van der Waals surface area contributed by atoms with Crippen molar-refractivity contribution in [1.82, 2.24) is 21.1 Å². The summed E-state index contributed by atoms with van der Waals surface area (Å²) in [4.78, 5) is 26.8. The lowest BCUT2D eigenvalue weighted by Gasteiger charge is -2.30. The highest BCUT2D eigenvalue weighted by atomic mass is 35.5. The Morgan fingerprint density at radius 3 is 2.65 bits per heavy atom. The molecule has 0 bridgehead atoms. The Kier molecular flexibility index (Phi) is 6.51. The molecule has 2 fully saturated rings. The molecule has 0 radical (unpaired) electrons. The second kappa shape index (κ2) is 8.84. The smallest absolute Gasteiger partial charge is 0.241 e. The Labute approximate surface area is 159 Å². The number of benzene rings is 1. The summed E-state index contributed by atoms with van der Waals surface area (Å²) in [5.41, 5.74) is 7.40. The zero-order valence-corrected chi connectivity index (χ0v) is 15.9. The lowest BCUT2D eigenvalue weighted by atomic mass is 9.81. The number of hydrogen-bond donors (Lipinski definition) is 3. The van der Waals surface area contributed by atoms with Crippen LogP contribution in [0.15, 0.2) is 24.3 Å². The lowest BCUT2D eigenvalue weighted by molar-refractivity contribution is -0.138. The van der Waals surface area contributed by atoms with E-state index in [1.807, 2.05) is 19.1 Å². The van der Waals surface area contributed by atoms with Crippen LogP contribution in [-0.2, 0) is 16.1 Å². The monoisotopic (exact) mass is 378 g/mol. The molecule has 1 aliphatic heterocycles. The molecule has 0 spiro atoms. The zero-order chi connectivity index (χ0) is 18.5. The first-order valence-corrected chi connectivity index (χ1v) is 9.77. The topological polar surface area (TPSA) is 73.5 Å². The highest BCUT2D eigenvalue weighted by Gasteiger charge is 2.42. The van der Waals surface area contributed by atoms with E-state index in [1.54, 1.807) is 17.0 Å². The first-order chi connectivity index (χ1) is 12.6. The normalized spacial score (nSPS) is 24.8. The van der Waals surface area contributed by atoms with Gasteiger partial charge in [0, 0.05) is 30.1 Å². The summed E-state index contributed by atoms with van der Waals surface area (Å²) < 4.78 is 0. The maximum Gasteiger partial charge on any atom is 0.241 e. The van der Waals surface area contributed by atoms with Crippen molar-refractivity contribution in [2.75, 3.05) is 13.1 Å². The molecule has 6 nitrogen and oxygen atoms in total.